The zero-order valence-electron chi connectivity index (χ0n) is 12.5. The fourth-order valence-electron chi connectivity index (χ4n) is 2.64. The third-order valence-electron chi connectivity index (χ3n) is 3.75. The van der Waals surface area contributed by atoms with Crippen molar-refractivity contribution in [2.24, 2.45) is 0 Å². The molecule has 1 N–H and O–H groups in total. The number of benzene rings is 1. The molecule has 1 aromatic carbocycles. The number of carbonyl (C=O) groups excluding carboxylic acids is 1. The average molecular weight is 316 g/mol. The SMILES string of the molecule is COc1cccc2c1N(CC(=O)NCC(F)(F)F)CC[C@H]2C. The van der Waals surface area contributed by atoms with Crippen molar-refractivity contribution in [1.29, 1.82) is 0 Å². The Hall–Kier alpha value is -1.92. The second kappa shape index (κ2) is 6.46. The minimum Gasteiger partial charge on any atom is -0.495 e. The number of rotatable bonds is 4. The van der Waals surface area contributed by atoms with Crippen LogP contribution in [0.1, 0.15) is 24.8 Å². The molecule has 0 radical (unpaired) electrons. The quantitative estimate of drug-likeness (QED) is 0.928. The second-order valence-electron chi connectivity index (χ2n) is 5.40. The van der Waals surface area contributed by atoms with Crippen molar-refractivity contribution in [3.8, 4) is 5.75 Å². The molecule has 22 heavy (non-hydrogen) atoms. The van der Waals surface area contributed by atoms with E-state index in [1.165, 1.54) is 7.11 Å². The number of halogens is 3. The molecular formula is C15H19F3N2O2. The lowest BCUT2D eigenvalue weighted by atomic mass is 9.91. The predicted octanol–water partition coefficient (Wildman–Crippen LogP) is 2.69. The Labute approximate surface area is 127 Å². The number of hydrogen-bond acceptors (Lipinski definition) is 3. The minimum atomic E-state index is -4.40. The number of hydrogen-bond donors (Lipinski definition) is 1. The van der Waals surface area contributed by atoms with E-state index in [4.69, 9.17) is 4.74 Å². The van der Waals surface area contributed by atoms with Gasteiger partial charge in [0.05, 0.1) is 19.3 Å². The molecule has 1 atom stereocenters. The van der Waals surface area contributed by atoms with Gasteiger partial charge < -0.3 is 15.0 Å². The summed E-state index contributed by atoms with van der Waals surface area (Å²) in [6.45, 7) is 1.26. The number of nitrogens with one attached hydrogen (secondary N) is 1. The fraction of sp³-hybridized carbons (Fsp3) is 0.533. The molecule has 0 saturated carbocycles. The summed E-state index contributed by atoms with van der Waals surface area (Å²) in [4.78, 5) is 13.5. The summed E-state index contributed by atoms with van der Waals surface area (Å²) in [5, 5.41) is 1.90. The summed E-state index contributed by atoms with van der Waals surface area (Å²) in [6, 6.07) is 5.63. The van der Waals surface area contributed by atoms with E-state index in [1.54, 1.807) is 11.0 Å². The molecule has 0 fully saturated rings. The largest absolute Gasteiger partial charge is 0.495 e. The van der Waals surface area contributed by atoms with Gasteiger partial charge in [0.15, 0.2) is 0 Å². The van der Waals surface area contributed by atoms with E-state index in [-0.39, 0.29) is 6.54 Å². The van der Waals surface area contributed by atoms with E-state index in [9.17, 15) is 18.0 Å². The topological polar surface area (TPSA) is 41.6 Å². The number of ether oxygens (including phenoxy) is 1. The number of carbonyl (C=O) groups is 1. The van der Waals surface area contributed by atoms with Crippen molar-refractivity contribution in [3.63, 3.8) is 0 Å². The summed E-state index contributed by atoms with van der Waals surface area (Å²) in [5.74, 6) is 0.302. The molecule has 122 valence electrons. The summed E-state index contributed by atoms with van der Waals surface area (Å²) >= 11 is 0. The Balaban J connectivity index is 2.14. The van der Waals surface area contributed by atoms with Crippen LogP contribution in [0.25, 0.3) is 0 Å². The Bertz CT molecular complexity index is 546. The number of fused-ring (bicyclic) bond motifs is 1. The smallest absolute Gasteiger partial charge is 0.405 e. The summed E-state index contributed by atoms with van der Waals surface area (Å²) < 4.78 is 41.8. The van der Waals surface area contributed by atoms with Crippen molar-refractivity contribution < 1.29 is 22.7 Å². The lowest BCUT2D eigenvalue weighted by Crippen LogP contribution is -2.43. The molecule has 0 aliphatic carbocycles. The molecule has 1 aromatic rings. The Morgan fingerprint density at radius 2 is 2.18 bits per heavy atom. The maximum Gasteiger partial charge on any atom is 0.405 e. The summed E-state index contributed by atoms with van der Waals surface area (Å²) in [6.07, 6.45) is -3.56. The molecule has 0 saturated heterocycles. The van der Waals surface area contributed by atoms with Crippen LogP contribution >= 0.6 is 0 Å². The van der Waals surface area contributed by atoms with Gasteiger partial charge in [-0.25, -0.2) is 0 Å². The van der Waals surface area contributed by atoms with Gasteiger partial charge in [0.2, 0.25) is 5.91 Å². The van der Waals surface area contributed by atoms with Crippen LogP contribution < -0.4 is 15.0 Å². The average Bonchev–Trinajstić information content (AvgIpc) is 2.47. The van der Waals surface area contributed by atoms with Gasteiger partial charge in [0.25, 0.3) is 0 Å². The van der Waals surface area contributed by atoms with Gasteiger partial charge in [-0.3, -0.25) is 4.79 Å². The number of alkyl halides is 3. The van der Waals surface area contributed by atoms with Crippen molar-refractivity contribution in [2.45, 2.75) is 25.4 Å². The molecule has 7 heteroatoms. The highest BCUT2D eigenvalue weighted by atomic mass is 19.4. The van der Waals surface area contributed by atoms with Gasteiger partial charge in [-0.2, -0.15) is 13.2 Å². The van der Waals surface area contributed by atoms with Gasteiger partial charge in [-0.15, -0.1) is 0 Å². The maximum atomic E-state index is 12.2. The Morgan fingerprint density at radius 3 is 2.82 bits per heavy atom. The normalized spacial score (nSPS) is 17.9. The monoisotopic (exact) mass is 316 g/mol. The standard InChI is InChI=1S/C15H19F3N2O2/c1-10-6-7-20(8-13(21)19-9-15(16,17)18)14-11(10)4-3-5-12(14)22-2/h3-5,10H,6-9H2,1-2H3,(H,19,21)/t10-/m1/s1. The molecule has 0 unspecified atom stereocenters. The highest BCUT2D eigenvalue weighted by Gasteiger charge is 2.30. The zero-order chi connectivity index (χ0) is 16.3. The molecular weight excluding hydrogens is 297 g/mol. The van der Waals surface area contributed by atoms with Crippen LogP contribution in [0.4, 0.5) is 18.9 Å². The third-order valence-corrected chi connectivity index (χ3v) is 3.75. The van der Waals surface area contributed by atoms with E-state index in [2.05, 4.69) is 6.92 Å². The van der Waals surface area contributed by atoms with Crippen LogP contribution in [0, 0.1) is 0 Å². The highest BCUT2D eigenvalue weighted by molar-refractivity contribution is 5.83. The predicted molar refractivity (Wildman–Crippen MR) is 77.3 cm³/mol. The van der Waals surface area contributed by atoms with E-state index >= 15 is 0 Å². The van der Waals surface area contributed by atoms with Crippen molar-refractivity contribution in [3.05, 3.63) is 23.8 Å². The Kier molecular flexibility index (Phi) is 4.83. The van der Waals surface area contributed by atoms with Gasteiger partial charge in [-0.05, 0) is 24.0 Å². The van der Waals surface area contributed by atoms with Gasteiger partial charge in [-0.1, -0.05) is 19.1 Å². The molecule has 1 heterocycles. The summed E-state index contributed by atoms with van der Waals surface area (Å²) in [7, 11) is 1.54. The molecule has 0 aromatic heterocycles. The molecule has 2 rings (SSSR count). The lowest BCUT2D eigenvalue weighted by molar-refractivity contribution is -0.137. The van der Waals surface area contributed by atoms with Crippen molar-refractivity contribution in [1.82, 2.24) is 5.32 Å². The fourth-order valence-corrected chi connectivity index (χ4v) is 2.64. The molecule has 4 nitrogen and oxygen atoms in total. The number of nitrogens with zero attached hydrogens (tertiary/aromatic N) is 1. The minimum absolute atomic E-state index is 0.115. The lowest BCUT2D eigenvalue weighted by Gasteiger charge is -2.35. The molecule has 1 aliphatic rings. The van der Waals surface area contributed by atoms with Crippen LogP contribution in [-0.4, -0.2) is 38.8 Å². The first kappa shape index (κ1) is 16.5. The van der Waals surface area contributed by atoms with E-state index in [1.807, 2.05) is 17.4 Å². The van der Waals surface area contributed by atoms with Crippen LogP contribution in [0.3, 0.4) is 0 Å². The van der Waals surface area contributed by atoms with Crippen molar-refractivity contribution >= 4 is 11.6 Å². The van der Waals surface area contributed by atoms with Crippen LogP contribution in [0.15, 0.2) is 18.2 Å². The first-order chi connectivity index (χ1) is 10.3. The third kappa shape index (κ3) is 3.84. The highest BCUT2D eigenvalue weighted by Crippen LogP contribution is 2.41. The van der Waals surface area contributed by atoms with Crippen molar-refractivity contribution in [2.75, 3.05) is 31.6 Å². The van der Waals surface area contributed by atoms with Gasteiger partial charge >= 0.3 is 6.18 Å². The molecule has 1 aliphatic heterocycles. The Morgan fingerprint density at radius 1 is 1.45 bits per heavy atom. The maximum absolute atomic E-state index is 12.2. The molecule has 1 amide bonds. The number of methoxy groups -OCH3 is 1. The van der Waals surface area contributed by atoms with E-state index in [0.717, 1.165) is 17.7 Å². The number of anilines is 1. The molecule has 0 bridgehead atoms. The number of para-hydroxylation sites is 1. The van der Waals surface area contributed by atoms with Crippen LogP contribution in [0.5, 0.6) is 5.75 Å². The van der Waals surface area contributed by atoms with Gasteiger partial charge in [0.1, 0.15) is 12.3 Å². The van der Waals surface area contributed by atoms with E-state index < -0.39 is 18.6 Å². The van der Waals surface area contributed by atoms with Crippen LogP contribution in [-0.2, 0) is 4.79 Å². The first-order valence-electron chi connectivity index (χ1n) is 7.07. The molecule has 0 spiro atoms. The van der Waals surface area contributed by atoms with Crippen LogP contribution in [0.2, 0.25) is 0 Å². The van der Waals surface area contributed by atoms with E-state index in [0.29, 0.717) is 18.2 Å². The second-order valence-corrected chi connectivity index (χ2v) is 5.40. The first-order valence-corrected chi connectivity index (χ1v) is 7.07. The zero-order valence-corrected chi connectivity index (χ0v) is 12.5. The summed E-state index contributed by atoms with van der Waals surface area (Å²) in [5.41, 5.74) is 1.85. The number of amides is 1. The van der Waals surface area contributed by atoms with Gasteiger partial charge in [0, 0.05) is 6.54 Å².